The summed E-state index contributed by atoms with van der Waals surface area (Å²) in [7, 11) is 0. The lowest BCUT2D eigenvalue weighted by Crippen LogP contribution is -2.31. The number of hydrogen-bond acceptors (Lipinski definition) is 6. The van der Waals surface area contributed by atoms with Gasteiger partial charge in [-0.3, -0.25) is 4.79 Å². The van der Waals surface area contributed by atoms with Crippen LogP contribution in [0.4, 0.5) is 0 Å². The molecular formula is C37H34N2O4S. The number of carbonyl (C=O) groups is 1. The molecule has 0 aliphatic carbocycles. The lowest BCUT2D eigenvalue weighted by molar-refractivity contribution is -0.245. The van der Waals surface area contributed by atoms with Gasteiger partial charge in [0.25, 0.3) is 5.91 Å². The van der Waals surface area contributed by atoms with Gasteiger partial charge in [-0.25, -0.2) is 4.98 Å². The second-order valence-corrected chi connectivity index (χ2v) is 11.7. The van der Waals surface area contributed by atoms with Crippen LogP contribution in [0.15, 0.2) is 133 Å². The van der Waals surface area contributed by atoms with Gasteiger partial charge >= 0.3 is 0 Å². The van der Waals surface area contributed by atoms with Crippen LogP contribution in [0.2, 0.25) is 0 Å². The van der Waals surface area contributed by atoms with E-state index in [0.717, 1.165) is 50.6 Å². The average Bonchev–Trinajstić information content (AvgIpc) is 3.10. The zero-order valence-electron chi connectivity index (χ0n) is 24.2. The summed E-state index contributed by atoms with van der Waals surface area (Å²) in [6.45, 7) is 0.433. The Balaban J connectivity index is 1.19. The number of amides is 1. The first-order valence-electron chi connectivity index (χ1n) is 14.7. The molecule has 1 saturated heterocycles. The lowest BCUT2D eigenvalue weighted by atomic mass is 9.97. The third kappa shape index (κ3) is 7.44. The molecule has 2 heterocycles. The molecule has 2 N–H and O–H groups in total. The van der Waals surface area contributed by atoms with Crippen molar-refractivity contribution in [1.82, 2.24) is 10.3 Å². The summed E-state index contributed by atoms with van der Waals surface area (Å²) < 4.78 is 13.0. The first-order chi connectivity index (χ1) is 21.7. The molecule has 5 aromatic rings. The number of carbonyl (C=O) groups excluding carboxylic acids is 1. The van der Waals surface area contributed by atoms with E-state index in [1.165, 1.54) is 0 Å². The minimum atomic E-state index is -0.532. The summed E-state index contributed by atoms with van der Waals surface area (Å²) in [5, 5.41) is 13.5. The maximum Gasteiger partial charge on any atom is 0.251 e. The number of hydrogen-bond donors (Lipinski definition) is 2. The smallest absolute Gasteiger partial charge is 0.251 e. The van der Waals surface area contributed by atoms with Gasteiger partial charge in [-0.05, 0) is 52.1 Å². The zero-order valence-corrected chi connectivity index (χ0v) is 25.0. The standard InChI is InChI=1S/C37H34N2O4S/c40-24-26-13-15-28(16-14-26)34-22-32(25-44-35-12-6-7-21-38-35)42-37(43-34)30-19-17-27(18-20-30)33-11-5-4-10-31(33)23-39-36(41)29-8-2-1-3-9-29/h1-21,32,34,37,40H,22-25H2,(H,39,41). The van der Waals surface area contributed by atoms with Gasteiger partial charge in [0.05, 0.1) is 23.8 Å². The molecule has 7 heteroatoms. The second kappa shape index (κ2) is 14.5. The molecule has 1 aliphatic rings. The topological polar surface area (TPSA) is 80.7 Å². The van der Waals surface area contributed by atoms with Crippen molar-refractivity contribution in [2.75, 3.05) is 5.75 Å². The Hall–Kier alpha value is -4.27. The Kier molecular flexibility index (Phi) is 9.79. The zero-order chi connectivity index (χ0) is 30.1. The Bertz CT molecular complexity index is 1650. The summed E-state index contributed by atoms with van der Waals surface area (Å²) >= 11 is 1.68. The van der Waals surface area contributed by atoms with Gasteiger partial charge in [-0.15, -0.1) is 11.8 Å². The van der Waals surface area contributed by atoms with E-state index in [9.17, 15) is 9.90 Å². The quantitative estimate of drug-likeness (QED) is 0.161. The van der Waals surface area contributed by atoms with Crippen molar-refractivity contribution in [3.63, 3.8) is 0 Å². The fraction of sp³-hybridized carbons (Fsp3) is 0.189. The van der Waals surface area contributed by atoms with Gasteiger partial charge in [0.15, 0.2) is 6.29 Å². The molecule has 0 radical (unpaired) electrons. The van der Waals surface area contributed by atoms with E-state index >= 15 is 0 Å². The first kappa shape index (κ1) is 29.8. The van der Waals surface area contributed by atoms with E-state index in [4.69, 9.17) is 9.47 Å². The molecule has 222 valence electrons. The highest BCUT2D eigenvalue weighted by Gasteiger charge is 2.32. The number of aliphatic hydroxyl groups excluding tert-OH is 1. The van der Waals surface area contributed by atoms with Crippen LogP contribution in [-0.4, -0.2) is 27.9 Å². The molecule has 3 atom stereocenters. The number of ether oxygens (including phenoxy) is 2. The second-order valence-electron chi connectivity index (χ2n) is 10.7. The number of benzene rings is 4. The maximum absolute atomic E-state index is 12.6. The molecule has 1 fully saturated rings. The number of aromatic nitrogens is 1. The third-order valence-electron chi connectivity index (χ3n) is 7.66. The summed E-state index contributed by atoms with van der Waals surface area (Å²) in [6, 6.07) is 39.5. The average molecular weight is 603 g/mol. The number of rotatable bonds is 10. The lowest BCUT2D eigenvalue weighted by Gasteiger charge is -2.36. The van der Waals surface area contributed by atoms with E-state index in [1.807, 2.05) is 91.0 Å². The highest BCUT2D eigenvalue weighted by atomic mass is 32.2. The molecule has 6 rings (SSSR count). The Labute approximate surface area is 262 Å². The first-order valence-corrected chi connectivity index (χ1v) is 15.7. The van der Waals surface area contributed by atoms with Crippen LogP contribution in [0.5, 0.6) is 0 Å². The van der Waals surface area contributed by atoms with Crippen LogP contribution in [0.1, 0.15) is 51.4 Å². The number of nitrogens with zero attached hydrogens (tertiary/aromatic N) is 1. The minimum Gasteiger partial charge on any atom is -0.392 e. The molecule has 0 saturated carbocycles. The SMILES string of the molecule is O=C(NCc1ccccc1-c1ccc(C2OC(CSc3ccccn3)CC(c3ccc(CO)cc3)O2)cc1)c1ccccc1. The van der Waals surface area contributed by atoms with Gasteiger partial charge in [-0.2, -0.15) is 0 Å². The van der Waals surface area contributed by atoms with Gasteiger partial charge in [0.1, 0.15) is 0 Å². The van der Waals surface area contributed by atoms with Crippen molar-refractivity contribution in [2.45, 2.75) is 43.1 Å². The van der Waals surface area contributed by atoms with Crippen molar-refractivity contribution >= 4 is 17.7 Å². The van der Waals surface area contributed by atoms with E-state index in [1.54, 1.807) is 18.0 Å². The largest absolute Gasteiger partial charge is 0.392 e. The van der Waals surface area contributed by atoms with E-state index in [2.05, 4.69) is 40.6 Å². The van der Waals surface area contributed by atoms with E-state index < -0.39 is 6.29 Å². The normalized spacial score (nSPS) is 18.1. The summed E-state index contributed by atoms with van der Waals surface area (Å²) in [5.74, 6) is 0.654. The van der Waals surface area contributed by atoms with Crippen molar-refractivity contribution < 1.29 is 19.4 Å². The highest BCUT2D eigenvalue weighted by Crippen LogP contribution is 2.40. The number of nitrogens with one attached hydrogen (secondary N) is 1. The van der Waals surface area contributed by atoms with Crippen LogP contribution in [0.3, 0.4) is 0 Å². The molecular weight excluding hydrogens is 568 g/mol. The van der Waals surface area contributed by atoms with Gasteiger partial charge < -0.3 is 19.9 Å². The number of thioether (sulfide) groups is 1. The van der Waals surface area contributed by atoms with Crippen LogP contribution >= 0.6 is 11.8 Å². The van der Waals surface area contributed by atoms with Crippen LogP contribution in [0.25, 0.3) is 11.1 Å². The molecule has 0 spiro atoms. The third-order valence-corrected chi connectivity index (χ3v) is 8.73. The van der Waals surface area contributed by atoms with E-state index in [-0.39, 0.29) is 24.7 Å². The molecule has 0 bridgehead atoms. The molecule has 44 heavy (non-hydrogen) atoms. The van der Waals surface area contributed by atoms with Crippen LogP contribution in [0, 0.1) is 0 Å². The van der Waals surface area contributed by atoms with Gasteiger partial charge in [0, 0.05) is 36.0 Å². The predicted molar refractivity (Wildman–Crippen MR) is 173 cm³/mol. The van der Waals surface area contributed by atoms with Crippen molar-refractivity contribution in [3.05, 3.63) is 155 Å². The van der Waals surface area contributed by atoms with Crippen molar-refractivity contribution in [2.24, 2.45) is 0 Å². The molecule has 1 amide bonds. The Morgan fingerprint density at radius 3 is 2.30 bits per heavy atom. The fourth-order valence-electron chi connectivity index (χ4n) is 5.28. The molecule has 4 aromatic carbocycles. The Morgan fingerprint density at radius 1 is 0.818 bits per heavy atom. The summed E-state index contributed by atoms with van der Waals surface area (Å²) in [5.41, 5.74) is 6.65. The van der Waals surface area contributed by atoms with E-state index in [0.29, 0.717) is 12.1 Å². The fourth-order valence-corrected chi connectivity index (χ4v) is 6.16. The molecule has 1 aromatic heterocycles. The molecule has 3 unspecified atom stereocenters. The highest BCUT2D eigenvalue weighted by molar-refractivity contribution is 7.99. The number of pyridine rings is 1. The predicted octanol–water partition coefficient (Wildman–Crippen LogP) is 7.51. The van der Waals surface area contributed by atoms with Gasteiger partial charge in [-0.1, -0.05) is 97.1 Å². The molecule has 6 nitrogen and oxygen atoms in total. The number of aliphatic hydroxyl groups is 1. The maximum atomic E-state index is 12.6. The Morgan fingerprint density at radius 2 is 1.55 bits per heavy atom. The molecule has 1 aliphatic heterocycles. The van der Waals surface area contributed by atoms with Gasteiger partial charge in [0.2, 0.25) is 0 Å². The summed E-state index contributed by atoms with van der Waals surface area (Å²) in [6.07, 6.45) is 1.80. The van der Waals surface area contributed by atoms with Crippen LogP contribution in [-0.2, 0) is 22.6 Å². The minimum absolute atomic E-state index is 0.00968. The van der Waals surface area contributed by atoms with Crippen molar-refractivity contribution in [3.8, 4) is 11.1 Å². The van der Waals surface area contributed by atoms with Crippen molar-refractivity contribution in [1.29, 1.82) is 0 Å². The van der Waals surface area contributed by atoms with Crippen LogP contribution < -0.4 is 5.32 Å². The monoisotopic (exact) mass is 602 g/mol. The summed E-state index contributed by atoms with van der Waals surface area (Å²) in [4.78, 5) is 17.1.